The Balaban J connectivity index is 1.81. The van der Waals surface area contributed by atoms with Gasteiger partial charge in [0.15, 0.2) is 0 Å². The van der Waals surface area contributed by atoms with Crippen LogP contribution in [0.3, 0.4) is 0 Å². The molecule has 0 radical (unpaired) electrons. The number of anilines is 2. The third kappa shape index (κ3) is 4.85. The highest BCUT2D eigenvalue weighted by Crippen LogP contribution is 2.23. The van der Waals surface area contributed by atoms with Gasteiger partial charge in [0.05, 0.1) is 0 Å². The van der Waals surface area contributed by atoms with Crippen molar-refractivity contribution in [2.75, 3.05) is 10.6 Å². The maximum absolute atomic E-state index is 13.3. The van der Waals surface area contributed by atoms with E-state index in [1.54, 1.807) is 6.07 Å². The van der Waals surface area contributed by atoms with Gasteiger partial charge in [-0.15, -0.1) is 0 Å². The van der Waals surface area contributed by atoms with Gasteiger partial charge in [-0.25, -0.2) is 4.39 Å². The molecule has 29 heavy (non-hydrogen) atoms. The van der Waals surface area contributed by atoms with Crippen LogP contribution in [0.5, 0.6) is 0 Å². The van der Waals surface area contributed by atoms with Crippen molar-refractivity contribution in [3.63, 3.8) is 0 Å². The van der Waals surface area contributed by atoms with E-state index in [4.69, 9.17) is 0 Å². The van der Waals surface area contributed by atoms with Crippen molar-refractivity contribution in [3.05, 3.63) is 89.0 Å². The fourth-order valence-corrected chi connectivity index (χ4v) is 3.05. The molecule has 2 amide bonds. The van der Waals surface area contributed by atoms with Crippen LogP contribution in [0.1, 0.15) is 45.8 Å². The number of amides is 2. The van der Waals surface area contributed by atoms with Gasteiger partial charge in [0.2, 0.25) is 0 Å². The fraction of sp³-hybridized carbons (Fsp3) is 0.174. The molecule has 6 heteroatoms. The summed E-state index contributed by atoms with van der Waals surface area (Å²) in [4.78, 5) is 29.3. The lowest BCUT2D eigenvalue weighted by atomic mass is 10.0. The second kappa shape index (κ2) is 9.10. The number of aromatic nitrogens is 1. The first-order valence-electron chi connectivity index (χ1n) is 9.47. The van der Waals surface area contributed by atoms with Crippen molar-refractivity contribution in [1.29, 1.82) is 0 Å². The van der Waals surface area contributed by atoms with Gasteiger partial charge in [-0.05, 0) is 54.3 Å². The predicted octanol–water partition coefficient (Wildman–Crippen LogP) is 4.85. The highest BCUT2D eigenvalue weighted by molar-refractivity contribution is 6.08. The highest BCUT2D eigenvalue weighted by Gasteiger charge is 2.15. The normalized spacial score (nSPS) is 10.4. The van der Waals surface area contributed by atoms with Crippen LogP contribution in [0, 0.1) is 5.82 Å². The minimum atomic E-state index is -0.449. The van der Waals surface area contributed by atoms with E-state index in [1.807, 2.05) is 32.0 Å². The SMILES string of the molecule is CCc1cccc(CC)c1NC(=O)c1cc(C(=O)Nc2cccc(F)c2)ccn1. The second-order valence-electron chi connectivity index (χ2n) is 6.51. The zero-order chi connectivity index (χ0) is 20.8. The average molecular weight is 391 g/mol. The van der Waals surface area contributed by atoms with Crippen LogP contribution in [0.25, 0.3) is 0 Å². The number of benzene rings is 2. The summed E-state index contributed by atoms with van der Waals surface area (Å²) in [6.07, 6.45) is 2.97. The predicted molar refractivity (Wildman–Crippen MR) is 112 cm³/mol. The minimum Gasteiger partial charge on any atom is -0.322 e. The zero-order valence-corrected chi connectivity index (χ0v) is 16.3. The summed E-state index contributed by atoms with van der Waals surface area (Å²) in [7, 11) is 0. The number of carbonyl (C=O) groups excluding carboxylic acids is 2. The van der Waals surface area contributed by atoms with Crippen molar-refractivity contribution in [3.8, 4) is 0 Å². The van der Waals surface area contributed by atoms with Gasteiger partial charge in [-0.1, -0.05) is 38.1 Å². The van der Waals surface area contributed by atoms with Crippen LogP contribution in [-0.4, -0.2) is 16.8 Å². The number of hydrogen-bond acceptors (Lipinski definition) is 3. The number of carbonyl (C=O) groups is 2. The van der Waals surface area contributed by atoms with Gasteiger partial charge in [0.1, 0.15) is 11.5 Å². The molecular formula is C23H22FN3O2. The third-order valence-corrected chi connectivity index (χ3v) is 4.57. The molecule has 2 N–H and O–H groups in total. The van der Waals surface area contributed by atoms with Crippen LogP contribution in [-0.2, 0) is 12.8 Å². The lowest BCUT2D eigenvalue weighted by molar-refractivity contribution is 0.102. The third-order valence-electron chi connectivity index (χ3n) is 4.57. The summed E-state index contributed by atoms with van der Waals surface area (Å²) in [6, 6.07) is 14.5. The number of nitrogens with one attached hydrogen (secondary N) is 2. The standard InChI is InChI=1S/C23H22FN3O2/c1-3-15-7-5-8-16(4-2)21(15)27-23(29)20-13-17(11-12-25-20)22(28)26-19-10-6-9-18(24)14-19/h5-14H,3-4H2,1-2H3,(H,26,28)(H,27,29). The number of halogens is 1. The van der Waals surface area contributed by atoms with Crippen LogP contribution in [0.15, 0.2) is 60.8 Å². The van der Waals surface area contributed by atoms with Crippen molar-refractivity contribution >= 4 is 23.2 Å². The molecule has 0 aliphatic rings. The lowest BCUT2D eigenvalue weighted by Crippen LogP contribution is -2.18. The Morgan fingerprint density at radius 3 is 2.24 bits per heavy atom. The van der Waals surface area contributed by atoms with Gasteiger partial charge in [-0.2, -0.15) is 0 Å². The van der Waals surface area contributed by atoms with Crippen molar-refractivity contribution in [1.82, 2.24) is 4.98 Å². The summed E-state index contributed by atoms with van der Waals surface area (Å²) in [5, 5.41) is 5.55. The number of rotatable bonds is 6. The van der Waals surface area contributed by atoms with Crippen molar-refractivity contribution in [2.24, 2.45) is 0 Å². The van der Waals surface area contributed by atoms with Crippen LogP contribution < -0.4 is 10.6 Å². The molecular weight excluding hydrogens is 369 g/mol. The van der Waals surface area contributed by atoms with Crippen LogP contribution in [0.2, 0.25) is 0 Å². The molecule has 0 aliphatic heterocycles. The van der Waals surface area contributed by atoms with E-state index in [0.717, 1.165) is 29.7 Å². The van der Waals surface area contributed by atoms with E-state index in [-0.39, 0.29) is 17.2 Å². The Hall–Kier alpha value is -3.54. The summed E-state index contributed by atoms with van der Waals surface area (Å²) >= 11 is 0. The summed E-state index contributed by atoms with van der Waals surface area (Å²) in [6.45, 7) is 4.06. The minimum absolute atomic E-state index is 0.129. The van der Waals surface area contributed by atoms with E-state index in [9.17, 15) is 14.0 Å². The lowest BCUT2D eigenvalue weighted by Gasteiger charge is -2.14. The zero-order valence-electron chi connectivity index (χ0n) is 16.3. The second-order valence-corrected chi connectivity index (χ2v) is 6.51. The molecule has 0 unspecified atom stereocenters. The number of pyridine rings is 1. The molecule has 0 spiro atoms. The largest absolute Gasteiger partial charge is 0.322 e. The number of hydrogen-bond donors (Lipinski definition) is 2. The summed E-state index contributed by atoms with van der Waals surface area (Å²) < 4.78 is 13.3. The molecule has 0 fully saturated rings. The van der Waals surface area contributed by atoms with Gasteiger partial charge in [0.25, 0.3) is 11.8 Å². The molecule has 0 bridgehead atoms. The Morgan fingerprint density at radius 2 is 1.59 bits per heavy atom. The quantitative estimate of drug-likeness (QED) is 0.631. The first-order chi connectivity index (χ1) is 14.0. The molecule has 0 saturated heterocycles. The van der Waals surface area contributed by atoms with Crippen molar-refractivity contribution < 1.29 is 14.0 Å². The molecule has 3 rings (SSSR count). The van der Waals surface area contributed by atoms with Gasteiger partial charge in [-0.3, -0.25) is 14.6 Å². The maximum atomic E-state index is 13.3. The van der Waals surface area contributed by atoms with Crippen LogP contribution in [0.4, 0.5) is 15.8 Å². The highest BCUT2D eigenvalue weighted by atomic mass is 19.1. The first kappa shape index (κ1) is 20.2. The van der Waals surface area contributed by atoms with Gasteiger partial charge >= 0.3 is 0 Å². The monoisotopic (exact) mass is 391 g/mol. The molecule has 2 aromatic carbocycles. The molecule has 0 saturated carbocycles. The van der Waals surface area contributed by atoms with Crippen LogP contribution >= 0.6 is 0 Å². The molecule has 1 aromatic heterocycles. The summed E-state index contributed by atoms with van der Waals surface area (Å²) in [5.41, 5.74) is 3.59. The molecule has 0 aliphatic carbocycles. The number of nitrogens with zero attached hydrogens (tertiary/aromatic N) is 1. The Morgan fingerprint density at radius 1 is 0.897 bits per heavy atom. The number of para-hydroxylation sites is 1. The Kier molecular flexibility index (Phi) is 6.34. The Labute approximate surface area is 169 Å². The molecule has 1 heterocycles. The molecule has 5 nitrogen and oxygen atoms in total. The topological polar surface area (TPSA) is 71.1 Å². The van der Waals surface area contributed by atoms with E-state index >= 15 is 0 Å². The molecule has 0 atom stereocenters. The molecule has 148 valence electrons. The smallest absolute Gasteiger partial charge is 0.274 e. The number of aryl methyl sites for hydroxylation is 2. The summed E-state index contributed by atoms with van der Waals surface area (Å²) in [5.74, 6) is -1.28. The van der Waals surface area contributed by atoms with E-state index < -0.39 is 11.7 Å². The van der Waals surface area contributed by atoms with E-state index in [1.165, 1.54) is 36.5 Å². The van der Waals surface area contributed by atoms with E-state index in [2.05, 4.69) is 15.6 Å². The fourth-order valence-electron chi connectivity index (χ4n) is 3.05. The van der Waals surface area contributed by atoms with Crippen molar-refractivity contribution in [2.45, 2.75) is 26.7 Å². The van der Waals surface area contributed by atoms with Gasteiger partial charge in [0, 0.05) is 23.1 Å². The Bertz CT molecular complexity index is 1030. The van der Waals surface area contributed by atoms with E-state index in [0.29, 0.717) is 5.69 Å². The maximum Gasteiger partial charge on any atom is 0.274 e. The average Bonchev–Trinajstić information content (AvgIpc) is 2.74. The van der Waals surface area contributed by atoms with Gasteiger partial charge < -0.3 is 10.6 Å². The molecule has 3 aromatic rings. The first-order valence-corrected chi connectivity index (χ1v) is 9.47.